The third kappa shape index (κ3) is 3.91. The summed E-state index contributed by atoms with van der Waals surface area (Å²) >= 11 is 0. The molecule has 1 atom stereocenters. The lowest BCUT2D eigenvalue weighted by Gasteiger charge is -2.17. The van der Waals surface area contributed by atoms with Crippen molar-refractivity contribution in [2.45, 2.75) is 6.42 Å². The number of ether oxygens (including phenoxy) is 2. The second kappa shape index (κ2) is 7.07. The van der Waals surface area contributed by atoms with Gasteiger partial charge in [0.2, 0.25) is 0 Å². The third-order valence-corrected chi connectivity index (χ3v) is 3.27. The summed E-state index contributed by atoms with van der Waals surface area (Å²) in [5, 5.41) is 8.75. The van der Waals surface area contributed by atoms with E-state index in [9.17, 15) is 0 Å². The molecule has 0 aliphatic carbocycles. The number of pyridine rings is 1. The summed E-state index contributed by atoms with van der Waals surface area (Å²) in [6.45, 7) is 4.04. The van der Waals surface area contributed by atoms with E-state index in [1.54, 1.807) is 13.3 Å². The highest BCUT2D eigenvalue weighted by atomic mass is 16.5. The Labute approximate surface area is 113 Å². The average molecular weight is 261 g/mol. The van der Waals surface area contributed by atoms with Crippen molar-refractivity contribution in [1.29, 1.82) is 5.26 Å². The quantitative estimate of drug-likeness (QED) is 0.725. The van der Waals surface area contributed by atoms with Crippen LogP contribution in [0.2, 0.25) is 0 Å². The van der Waals surface area contributed by atoms with Crippen LogP contribution in [0.1, 0.15) is 12.0 Å². The molecular formula is C14H19N3O2. The number of nitriles is 1. The number of hydrogen-bond donors (Lipinski definition) is 0. The first kappa shape index (κ1) is 13.8. The van der Waals surface area contributed by atoms with Crippen LogP contribution in [-0.2, 0) is 9.47 Å². The minimum atomic E-state index is 0.550. The first-order valence-corrected chi connectivity index (χ1v) is 6.51. The largest absolute Gasteiger partial charge is 0.382 e. The summed E-state index contributed by atoms with van der Waals surface area (Å²) in [6, 6.07) is 5.80. The molecule has 0 bridgehead atoms. The molecule has 0 N–H and O–H groups in total. The second-order valence-corrected chi connectivity index (χ2v) is 4.69. The van der Waals surface area contributed by atoms with Gasteiger partial charge >= 0.3 is 0 Å². The zero-order valence-corrected chi connectivity index (χ0v) is 11.2. The molecule has 0 saturated carbocycles. The first-order chi connectivity index (χ1) is 9.33. The fraction of sp³-hybridized carbons (Fsp3) is 0.571. The summed E-state index contributed by atoms with van der Waals surface area (Å²) in [7, 11) is 1.68. The molecular weight excluding hydrogens is 242 g/mol. The maximum atomic E-state index is 8.75. The Kier molecular flexibility index (Phi) is 5.13. The van der Waals surface area contributed by atoms with Gasteiger partial charge in [-0.1, -0.05) is 0 Å². The standard InChI is InChI=1S/C14H19N3O2/c1-18-6-7-19-11-13-4-5-17(10-13)14-3-2-12(8-15)9-16-14/h2-3,9,13H,4-7,10-11H2,1H3. The molecule has 1 aromatic heterocycles. The SMILES string of the molecule is COCCOCC1CCN(c2ccc(C#N)cn2)C1. The van der Waals surface area contributed by atoms with Crippen LogP contribution in [0.15, 0.2) is 18.3 Å². The van der Waals surface area contributed by atoms with Crippen LogP contribution in [0.3, 0.4) is 0 Å². The molecule has 0 amide bonds. The van der Waals surface area contributed by atoms with E-state index in [4.69, 9.17) is 14.7 Å². The van der Waals surface area contributed by atoms with Gasteiger partial charge in [-0.2, -0.15) is 5.26 Å². The number of nitrogens with zero attached hydrogens (tertiary/aromatic N) is 3. The van der Waals surface area contributed by atoms with E-state index >= 15 is 0 Å². The average Bonchev–Trinajstić information content (AvgIpc) is 2.92. The van der Waals surface area contributed by atoms with Crippen molar-refractivity contribution in [1.82, 2.24) is 4.98 Å². The summed E-state index contributed by atoms with van der Waals surface area (Å²) in [4.78, 5) is 6.56. The minimum absolute atomic E-state index is 0.550. The van der Waals surface area contributed by atoms with Gasteiger partial charge in [-0.25, -0.2) is 4.98 Å². The molecule has 1 saturated heterocycles. The van der Waals surface area contributed by atoms with E-state index in [1.165, 1.54) is 0 Å². The molecule has 1 aromatic rings. The molecule has 1 fully saturated rings. The Bertz CT molecular complexity index is 427. The molecule has 2 heterocycles. The maximum absolute atomic E-state index is 8.75. The molecule has 102 valence electrons. The third-order valence-electron chi connectivity index (χ3n) is 3.27. The van der Waals surface area contributed by atoms with E-state index in [0.717, 1.165) is 31.9 Å². The Morgan fingerprint density at radius 2 is 2.37 bits per heavy atom. The Hall–Kier alpha value is -1.64. The van der Waals surface area contributed by atoms with E-state index in [1.807, 2.05) is 12.1 Å². The van der Waals surface area contributed by atoms with Crippen LogP contribution in [-0.4, -0.2) is 45.0 Å². The van der Waals surface area contributed by atoms with Gasteiger partial charge in [0.1, 0.15) is 11.9 Å². The highest BCUT2D eigenvalue weighted by molar-refractivity contribution is 5.42. The van der Waals surface area contributed by atoms with Crippen molar-refractivity contribution in [3.8, 4) is 6.07 Å². The number of aromatic nitrogens is 1. The van der Waals surface area contributed by atoms with Crippen LogP contribution in [0.25, 0.3) is 0 Å². The van der Waals surface area contributed by atoms with Gasteiger partial charge < -0.3 is 14.4 Å². The van der Waals surface area contributed by atoms with Crippen LogP contribution in [0.5, 0.6) is 0 Å². The highest BCUT2D eigenvalue weighted by Gasteiger charge is 2.23. The monoisotopic (exact) mass is 261 g/mol. The molecule has 1 aliphatic heterocycles. The van der Waals surface area contributed by atoms with Crippen molar-refractivity contribution in [2.75, 3.05) is 44.9 Å². The van der Waals surface area contributed by atoms with Gasteiger partial charge in [0.15, 0.2) is 0 Å². The molecule has 19 heavy (non-hydrogen) atoms. The topological polar surface area (TPSA) is 58.4 Å². The van der Waals surface area contributed by atoms with Crippen molar-refractivity contribution >= 4 is 5.82 Å². The van der Waals surface area contributed by atoms with E-state index < -0.39 is 0 Å². The number of anilines is 1. The van der Waals surface area contributed by atoms with Crippen molar-refractivity contribution in [3.63, 3.8) is 0 Å². The van der Waals surface area contributed by atoms with Crippen LogP contribution < -0.4 is 4.90 Å². The van der Waals surface area contributed by atoms with Crippen molar-refractivity contribution < 1.29 is 9.47 Å². The Morgan fingerprint density at radius 3 is 3.05 bits per heavy atom. The van der Waals surface area contributed by atoms with Gasteiger partial charge in [-0.05, 0) is 18.6 Å². The van der Waals surface area contributed by atoms with Gasteiger partial charge in [0.25, 0.3) is 0 Å². The lowest BCUT2D eigenvalue weighted by atomic mass is 10.1. The lowest BCUT2D eigenvalue weighted by molar-refractivity contribution is 0.0549. The molecule has 0 spiro atoms. The predicted molar refractivity (Wildman–Crippen MR) is 72.0 cm³/mol. The van der Waals surface area contributed by atoms with Crippen molar-refractivity contribution in [2.24, 2.45) is 5.92 Å². The second-order valence-electron chi connectivity index (χ2n) is 4.69. The zero-order chi connectivity index (χ0) is 13.5. The van der Waals surface area contributed by atoms with Gasteiger partial charge in [-0.15, -0.1) is 0 Å². The number of methoxy groups -OCH3 is 1. The van der Waals surface area contributed by atoms with Gasteiger partial charge in [0.05, 0.1) is 25.4 Å². The van der Waals surface area contributed by atoms with Crippen LogP contribution >= 0.6 is 0 Å². The molecule has 0 aromatic carbocycles. The predicted octanol–water partition coefficient (Wildman–Crippen LogP) is 1.44. The zero-order valence-electron chi connectivity index (χ0n) is 11.2. The molecule has 1 aliphatic rings. The summed E-state index contributed by atoms with van der Waals surface area (Å²) in [5.41, 5.74) is 0.599. The van der Waals surface area contributed by atoms with Gasteiger partial charge in [0, 0.05) is 32.3 Å². The van der Waals surface area contributed by atoms with E-state index in [0.29, 0.717) is 24.7 Å². The summed E-state index contributed by atoms with van der Waals surface area (Å²) < 4.78 is 10.5. The summed E-state index contributed by atoms with van der Waals surface area (Å²) in [6.07, 6.45) is 2.74. The Balaban J connectivity index is 1.79. The highest BCUT2D eigenvalue weighted by Crippen LogP contribution is 2.22. The number of hydrogen-bond acceptors (Lipinski definition) is 5. The molecule has 2 rings (SSSR count). The maximum Gasteiger partial charge on any atom is 0.128 e. The smallest absolute Gasteiger partial charge is 0.128 e. The normalized spacial score (nSPS) is 18.5. The first-order valence-electron chi connectivity index (χ1n) is 6.51. The molecule has 5 nitrogen and oxygen atoms in total. The summed E-state index contributed by atoms with van der Waals surface area (Å²) in [5.74, 6) is 1.49. The minimum Gasteiger partial charge on any atom is -0.382 e. The van der Waals surface area contributed by atoms with E-state index in [2.05, 4.69) is 16.0 Å². The lowest BCUT2D eigenvalue weighted by Crippen LogP contribution is -2.22. The molecule has 1 unspecified atom stereocenters. The molecule has 0 radical (unpaired) electrons. The fourth-order valence-corrected chi connectivity index (χ4v) is 2.21. The van der Waals surface area contributed by atoms with E-state index in [-0.39, 0.29) is 0 Å². The van der Waals surface area contributed by atoms with Crippen LogP contribution in [0, 0.1) is 17.2 Å². The molecule has 5 heteroatoms. The number of rotatable bonds is 6. The van der Waals surface area contributed by atoms with Gasteiger partial charge in [-0.3, -0.25) is 0 Å². The Morgan fingerprint density at radius 1 is 1.47 bits per heavy atom. The fourth-order valence-electron chi connectivity index (χ4n) is 2.21. The van der Waals surface area contributed by atoms with Crippen LogP contribution in [0.4, 0.5) is 5.82 Å². The van der Waals surface area contributed by atoms with Crippen molar-refractivity contribution in [3.05, 3.63) is 23.9 Å².